The fraction of sp³-hybridized carbons (Fsp3) is 0.533. The molecule has 2 aromatic heterocycles. The lowest BCUT2D eigenvalue weighted by atomic mass is 9.92. The van der Waals surface area contributed by atoms with E-state index in [9.17, 15) is 9.50 Å². The number of hydrogen-bond donors (Lipinski definition) is 1. The van der Waals surface area contributed by atoms with Gasteiger partial charge in [0.05, 0.1) is 11.5 Å². The van der Waals surface area contributed by atoms with Gasteiger partial charge >= 0.3 is 0 Å². The number of aliphatic hydroxyl groups is 1. The molecule has 0 bridgehead atoms. The van der Waals surface area contributed by atoms with Gasteiger partial charge in [-0.25, -0.2) is 14.4 Å². The zero-order valence-electron chi connectivity index (χ0n) is 12.6. The van der Waals surface area contributed by atoms with Crippen molar-refractivity contribution in [1.82, 2.24) is 15.0 Å². The van der Waals surface area contributed by atoms with Gasteiger partial charge in [0.25, 0.3) is 0 Å². The molecule has 3 rings (SSSR count). The first-order chi connectivity index (χ1) is 11.0. The highest BCUT2D eigenvalue weighted by atomic mass is 35.5. The maximum atomic E-state index is 14.2. The highest BCUT2D eigenvalue weighted by Gasteiger charge is 2.25. The lowest BCUT2D eigenvalue weighted by Gasteiger charge is -2.34. The number of hydrogen-bond acceptors (Lipinski definition) is 5. The predicted molar refractivity (Wildman–Crippen MR) is 88.5 cm³/mol. The molecule has 0 spiro atoms. The van der Waals surface area contributed by atoms with Crippen molar-refractivity contribution in [2.45, 2.75) is 32.3 Å². The van der Waals surface area contributed by atoms with Gasteiger partial charge in [-0.1, -0.05) is 11.6 Å². The van der Waals surface area contributed by atoms with Crippen molar-refractivity contribution in [3.05, 3.63) is 22.5 Å². The Bertz CT molecular complexity index is 728. The molecule has 23 heavy (non-hydrogen) atoms. The number of piperidine rings is 1. The summed E-state index contributed by atoms with van der Waals surface area (Å²) in [6.07, 6.45) is 3.89. The summed E-state index contributed by atoms with van der Waals surface area (Å²) < 4.78 is 14.2. The topological polar surface area (TPSA) is 62.1 Å². The maximum absolute atomic E-state index is 14.2. The van der Waals surface area contributed by atoms with Gasteiger partial charge in [0, 0.05) is 19.3 Å². The molecule has 0 amide bonds. The predicted octanol–water partition coefficient (Wildman–Crippen LogP) is 3.46. The van der Waals surface area contributed by atoms with Crippen LogP contribution in [0.15, 0.2) is 6.20 Å². The third-order valence-electron chi connectivity index (χ3n) is 4.09. The number of anilines is 1. The number of pyridine rings is 1. The smallest absolute Gasteiger partial charge is 0.225 e. The van der Waals surface area contributed by atoms with Crippen molar-refractivity contribution >= 4 is 39.9 Å². The van der Waals surface area contributed by atoms with Crippen molar-refractivity contribution in [1.29, 1.82) is 0 Å². The van der Waals surface area contributed by atoms with Gasteiger partial charge in [-0.3, -0.25) is 0 Å². The summed E-state index contributed by atoms with van der Waals surface area (Å²) in [6, 6.07) is 0. The zero-order chi connectivity index (χ0) is 16.6. The SMILES string of the molecule is CC(O)CC1CCCN(c2nc(Cl)nc3c(F)c(Cl)ncc23)C1. The fourth-order valence-corrected chi connectivity index (χ4v) is 3.47. The Kier molecular flexibility index (Phi) is 4.85. The molecular formula is C15H17Cl2FN4O. The molecule has 0 saturated carbocycles. The first kappa shape index (κ1) is 16.6. The molecular weight excluding hydrogens is 342 g/mol. The van der Waals surface area contributed by atoms with Crippen LogP contribution in [0.3, 0.4) is 0 Å². The molecule has 2 aromatic rings. The Morgan fingerprint density at radius 3 is 2.96 bits per heavy atom. The quantitative estimate of drug-likeness (QED) is 0.672. The summed E-state index contributed by atoms with van der Waals surface area (Å²) >= 11 is 11.7. The molecule has 0 aliphatic carbocycles. The molecule has 124 valence electrons. The summed E-state index contributed by atoms with van der Waals surface area (Å²) in [5, 5.41) is 9.84. The van der Waals surface area contributed by atoms with Crippen molar-refractivity contribution < 1.29 is 9.50 Å². The van der Waals surface area contributed by atoms with E-state index >= 15 is 0 Å². The molecule has 1 N–H and O–H groups in total. The van der Waals surface area contributed by atoms with Crippen LogP contribution in [0, 0.1) is 11.7 Å². The van der Waals surface area contributed by atoms with Crippen LogP contribution >= 0.6 is 23.2 Å². The average Bonchev–Trinajstić information content (AvgIpc) is 2.50. The Morgan fingerprint density at radius 2 is 2.22 bits per heavy atom. The van der Waals surface area contributed by atoms with E-state index in [0.717, 1.165) is 32.4 Å². The fourth-order valence-electron chi connectivity index (χ4n) is 3.17. The van der Waals surface area contributed by atoms with Gasteiger partial charge in [0.2, 0.25) is 5.28 Å². The summed E-state index contributed by atoms with van der Waals surface area (Å²) in [5.41, 5.74) is 0.0812. The van der Waals surface area contributed by atoms with E-state index < -0.39 is 5.82 Å². The summed E-state index contributed by atoms with van der Waals surface area (Å²) in [6.45, 7) is 3.32. The van der Waals surface area contributed by atoms with E-state index in [2.05, 4.69) is 19.9 Å². The van der Waals surface area contributed by atoms with Crippen LogP contribution in [0.4, 0.5) is 10.2 Å². The zero-order valence-corrected chi connectivity index (χ0v) is 14.1. The number of nitrogens with zero attached hydrogens (tertiary/aromatic N) is 4. The van der Waals surface area contributed by atoms with Crippen LogP contribution in [0.1, 0.15) is 26.2 Å². The molecule has 0 radical (unpaired) electrons. The van der Waals surface area contributed by atoms with E-state index in [1.807, 2.05) is 0 Å². The molecule has 5 nitrogen and oxygen atoms in total. The molecule has 0 aromatic carbocycles. The average molecular weight is 359 g/mol. The molecule has 8 heteroatoms. The highest BCUT2D eigenvalue weighted by Crippen LogP contribution is 2.32. The van der Waals surface area contributed by atoms with Gasteiger partial charge in [-0.05, 0) is 43.7 Å². The Balaban J connectivity index is 2.00. The van der Waals surface area contributed by atoms with Crippen molar-refractivity contribution in [2.24, 2.45) is 5.92 Å². The lowest BCUT2D eigenvalue weighted by Crippen LogP contribution is -2.37. The van der Waals surface area contributed by atoms with E-state index in [-0.39, 0.29) is 22.1 Å². The molecule has 3 heterocycles. The molecule has 2 unspecified atom stereocenters. The van der Waals surface area contributed by atoms with Crippen LogP contribution < -0.4 is 4.90 Å². The van der Waals surface area contributed by atoms with Crippen molar-refractivity contribution in [2.75, 3.05) is 18.0 Å². The van der Waals surface area contributed by atoms with Gasteiger partial charge < -0.3 is 10.0 Å². The second kappa shape index (κ2) is 6.71. The number of halogens is 3. The molecule has 1 fully saturated rings. The minimum Gasteiger partial charge on any atom is -0.393 e. The van der Waals surface area contributed by atoms with Gasteiger partial charge in [-0.15, -0.1) is 0 Å². The maximum Gasteiger partial charge on any atom is 0.225 e. The molecule has 1 aliphatic rings. The van der Waals surface area contributed by atoms with Gasteiger partial charge in [0.15, 0.2) is 11.0 Å². The Morgan fingerprint density at radius 1 is 1.43 bits per heavy atom. The normalized spacial score (nSPS) is 20.0. The van der Waals surface area contributed by atoms with Crippen LogP contribution in [0.25, 0.3) is 10.9 Å². The first-order valence-electron chi connectivity index (χ1n) is 7.56. The first-order valence-corrected chi connectivity index (χ1v) is 8.31. The van der Waals surface area contributed by atoms with Crippen LogP contribution in [0.5, 0.6) is 0 Å². The van der Waals surface area contributed by atoms with E-state index in [4.69, 9.17) is 23.2 Å². The second-order valence-electron chi connectivity index (χ2n) is 5.98. The third kappa shape index (κ3) is 3.49. The van der Waals surface area contributed by atoms with Crippen LogP contribution in [0.2, 0.25) is 10.4 Å². The number of aromatic nitrogens is 3. The number of fused-ring (bicyclic) bond motifs is 1. The number of aliphatic hydroxyl groups excluding tert-OH is 1. The molecule has 1 saturated heterocycles. The monoisotopic (exact) mass is 358 g/mol. The minimum atomic E-state index is -0.688. The van der Waals surface area contributed by atoms with Crippen LogP contribution in [-0.4, -0.2) is 39.3 Å². The van der Waals surface area contributed by atoms with Crippen LogP contribution in [-0.2, 0) is 0 Å². The third-order valence-corrected chi connectivity index (χ3v) is 4.52. The lowest BCUT2D eigenvalue weighted by molar-refractivity contribution is 0.154. The highest BCUT2D eigenvalue weighted by molar-refractivity contribution is 6.30. The Hall–Kier alpha value is -1.24. The summed E-state index contributed by atoms with van der Waals surface area (Å²) in [4.78, 5) is 14.1. The summed E-state index contributed by atoms with van der Waals surface area (Å²) in [5.74, 6) is 0.239. The number of rotatable bonds is 3. The minimum absolute atomic E-state index is 0.0219. The van der Waals surface area contributed by atoms with E-state index in [0.29, 0.717) is 17.1 Å². The largest absolute Gasteiger partial charge is 0.393 e. The van der Waals surface area contributed by atoms with Crippen molar-refractivity contribution in [3.63, 3.8) is 0 Å². The molecule has 1 aliphatic heterocycles. The van der Waals surface area contributed by atoms with E-state index in [1.54, 1.807) is 6.92 Å². The van der Waals surface area contributed by atoms with E-state index in [1.165, 1.54) is 6.20 Å². The summed E-state index contributed by atoms with van der Waals surface area (Å²) in [7, 11) is 0. The Labute approximate surface area is 143 Å². The van der Waals surface area contributed by atoms with Gasteiger partial charge in [0.1, 0.15) is 11.3 Å². The van der Waals surface area contributed by atoms with Crippen molar-refractivity contribution in [3.8, 4) is 0 Å². The second-order valence-corrected chi connectivity index (χ2v) is 6.68. The van der Waals surface area contributed by atoms with Gasteiger partial charge in [-0.2, -0.15) is 4.98 Å². The molecule has 2 atom stereocenters. The standard InChI is InChI=1S/C15H17Cl2FN4O/c1-8(23)5-9-3-2-4-22(7-9)14-10-6-19-13(16)11(18)12(10)20-15(17)21-14/h6,8-9,23H,2-5,7H2,1H3.